The van der Waals surface area contributed by atoms with Crippen molar-refractivity contribution in [1.29, 1.82) is 0 Å². The summed E-state index contributed by atoms with van der Waals surface area (Å²) in [6.45, 7) is 1.91. The molecular weight excluding hydrogens is 244 g/mol. The highest BCUT2D eigenvalue weighted by Crippen LogP contribution is 2.29. The zero-order valence-corrected chi connectivity index (χ0v) is 11.6. The Morgan fingerprint density at radius 2 is 2.17 bits per heavy atom. The summed E-state index contributed by atoms with van der Waals surface area (Å²) in [5.74, 6) is 1.01. The predicted octanol–water partition coefficient (Wildman–Crippen LogP) is 3.22. The molecule has 4 heteroatoms. The van der Waals surface area contributed by atoms with Crippen molar-refractivity contribution in [3.8, 4) is 0 Å². The van der Waals surface area contributed by atoms with Crippen LogP contribution < -0.4 is 5.73 Å². The zero-order valence-electron chi connectivity index (χ0n) is 10.8. The largest absolute Gasteiger partial charge is 0.383 e. The van der Waals surface area contributed by atoms with Crippen LogP contribution in [-0.4, -0.2) is 21.8 Å². The molecule has 0 amide bonds. The first kappa shape index (κ1) is 13.4. The number of nitrogen functional groups attached to an aromatic ring is 1. The third-order valence-corrected chi connectivity index (χ3v) is 4.84. The van der Waals surface area contributed by atoms with Gasteiger partial charge < -0.3 is 5.73 Å². The Hall–Kier alpha value is -1.03. The number of thioether (sulfide) groups is 1. The fourth-order valence-electron chi connectivity index (χ4n) is 2.44. The van der Waals surface area contributed by atoms with Crippen LogP contribution in [0.5, 0.6) is 0 Å². The number of carbonyl (C=O) groups is 1. The first-order chi connectivity index (χ1) is 8.68. The summed E-state index contributed by atoms with van der Waals surface area (Å²) in [5.41, 5.74) is 7.33. The number of aryl methyl sites for hydroxylation is 1. The number of carbonyl (C=O) groups excluding carboxylic acids is 1. The number of hydrogen-bond acceptors (Lipinski definition) is 4. The highest BCUT2D eigenvalue weighted by molar-refractivity contribution is 8.00. The van der Waals surface area contributed by atoms with E-state index in [1.807, 2.05) is 13.0 Å². The van der Waals surface area contributed by atoms with Crippen LogP contribution in [0.25, 0.3) is 0 Å². The summed E-state index contributed by atoms with van der Waals surface area (Å²) in [4.78, 5) is 16.2. The Balaban J connectivity index is 1.95. The lowest BCUT2D eigenvalue weighted by atomic mass is 10.0. The molecule has 18 heavy (non-hydrogen) atoms. The molecule has 0 aromatic carbocycles. The third-order valence-electron chi connectivity index (χ3n) is 3.47. The van der Waals surface area contributed by atoms with Crippen LogP contribution in [0.1, 0.15) is 48.0 Å². The van der Waals surface area contributed by atoms with Crippen LogP contribution in [0, 0.1) is 6.92 Å². The number of nitrogens with two attached hydrogens (primary N) is 1. The molecule has 2 rings (SSSR count). The van der Waals surface area contributed by atoms with E-state index in [-0.39, 0.29) is 5.78 Å². The molecule has 0 spiro atoms. The number of anilines is 1. The molecule has 1 aliphatic carbocycles. The standard InChI is InChI=1S/C14H20N2OS/c1-10-7-8-16-14(15)13(10)12(17)9-18-11-5-3-2-4-6-11/h7-8,11H,2-6,9H2,1H3,(H2,15,16). The minimum atomic E-state index is 0.119. The molecule has 0 saturated heterocycles. The minimum Gasteiger partial charge on any atom is -0.383 e. The average Bonchev–Trinajstić information content (AvgIpc) is 2.37. The summed E-state index contributed by atoms with van der Waals surface area (Å²) in [5, 5.41) is 0.654. The lowest BCUT2D eigenvalue weighted by Gasteiger charge is -2.20. The second-order valence-electron chi connectivity index (χ2n) is 4.88. The Labute approximate surface area is 113 Å². The van der Waals surface area contributed by atoms with Crippen LogP contribution >= 0.6 is 11.8 Å². The number of ketones is 1. The van der Waals surface area contributed by atoms with Crippen LogP contribution in [0.15, 0.2) is 12.3 Å². The molecule has 2 N–H and O–H groups in total. The van der Waals surface area contributed by atoms with Crippen molar-refractivity contribution in [1.82, 2.24) is 4.98 Å². The van der Waals surface area contributed by atoms with Gasteiger partial charge in [-0.2, -0.15) is 11.8 Å². The minimum absolute atomic E-state index is 0.119. The molecular formula is C14H20N2OS. The molecule has 0 bridgehead atoms. The van der Waals surface area contributed by atoms with Crippen LogP contribution in [0.3, 0.4) is 0 Å². The normalized spacial score (nSPS) is 16.7. The van der Waals surface area contributed by atoms with E-state index in [1.54, 1.807) is 18.0 Å². The summed E-state index contributed by atoms with van der Waals surface area (Å²) in [7, 11) is 0. The van der Waals surface area contributed by atoms with Gasteiger partial charge in [-0.15, -0.1) is 0 Å². The molecule has 3 nitrogen and oxygen atoms in total. The summed E-state index contributed by atoms with van der Waals surface area (Å²) in [6.07, 6.45) is 8.11. The number of rotatable bonds is 4. The number of nitrogens with zero attached hydrogens (tertiary/aromatic N) is 1. The van der Waals surface area contributed by atoms with Crippen molar-refractivity contribution in [3.05, 3.63) is 23.4 Å². The molecule has 1 aliphatic rings. The van der Waals surface area contributed by atoms with Gasteiger partial charge in [0.05, 0.1) is 11.3 Å². The molecule has 0 radical (unpaired) electrons. The molecule has 98 valence electrons. The van der Waals surface area contributed by atoms with E-state index in [0.717, 1.165) is 5.56 Å². The summed E-state index contributed by atoms with van der Waals surface area (Å²) >= 11 is 1.78. The van der Waals surface area contributed by atoms with Gasteiger partial charge in [-0.1, -0.05) is 19.3 Å². The first-order valence-electron chi connectivity index (χ1n) is 6.54. The van der Waals surface area contributed by atoms with Crippen molar-refractivity contribution >= 4 is 23.4 Å². The highest BCUT2D eigenvalue weighted by atomic mass is 32.2. The molecule has 1 saturated carbocycles. The number of pyridine rings is 1. The van der Waals surface area contributed by atoms with Gasteiger partial charge in [0.15, 0.2) is 5.78 Å². The molecule has 1 fully saturated rings. The van der Waals surface area contributed by atoms with Gasteiger partial charge in [0, 0.05) is 11.4 Å². The van der Waals surface area contributed by atoms with Crippen molar-refractivity contribution in [3.63, 3.8) is 0 Å². The lowest BCUT2D eigenvalue weighted by Crippen LogP contribution is -2.14. The van der Waals surface area contributed by atoms with Gasteiger partial charge >= 0.3 is 0 Å². The molecule has 0 aliphatic heterocycles. The Kier molecular flexibility index (Phi) is 4.64. The van der Waals surface area contributed by atoms with E-state index >= 15 is 0 Å². The zero-order chi connectivity index (χ0) is 13.0. The second-order valence-corrected chi connectivity index (χ2v) is 6.17. The van der Waals surface area contributed by atoms with E-state index in [2.05, 4.69) is 4.98 Å². The molecule has 0 unspecified atom stereocenters. The molecule has 0 atom stereocenters. The van der Waals surface area contributed by atoms with Crippen LogP contribution in [0.2, 0.25) is 0 Å². The van der Waals surface area contributed by atoms with E-state index in [9.17, 15) is 4.79 Å². The quantitative estimate of drug-likeness (QED) is 0.848. The van der Waals surface area contributed by atoms with Gasteiger partial charge in [0.2, 0.25) is 0 Å². The van der Waals surface area contributed by atoms with Crippen LogP contribution in [0.4, 0.5) is 5.82 Å². The van der Waals surface area contributed by atoms with Crippen molar-refractivity contribution in [2.45, 2.75) is 44.3 Å². The molecule has 1 heterocycles. The molecule has 1 aromatic rings. The van der Waals surface area contributed by atoms with Gasteiger partial charge in [0.1, 0.15) is 5.82 Å². The highest BCUT2D eigenvalue weighted by Gasteiger charge is 2.18. The number of aromatic nitrogens is 1. The second kappa shape index (κ2) is 6.23. The summed E-state index contributed by atoms with van der Waals surface area (Å²) < 4.78 is 0. The van der Waals surface area contributed by atoms with Crippen molar-refractivity contribution in [2.24, 2.45) is 0 Å². The third kappa shape index (κ3) is 3.25. The summed E-state index contributed by atoms with van der Waals surface area (Å²) in [6, 6.07) is 1.84. The Bertz CT molecular complexity index is 408. The first-order valence-corrected chi connectivity index (χ1v) is 7.59. The van der Waals surface area contributed by atoms with Crippen LogP contribution in [-0.2, 0) is 0 Å². The Morgan fingerprint density at radius 1 is 1.44 bits per heavy atom. The topological polar surface area (TPSA) is 56.0 Å². The van der Waals surface area contributed by atoms with Gasteiger partial charge in [0.25, 0.3) is 0 Å². The smallest absolute Gasteiger partial charge is 0.176 e. The number of hydrogen-bond donors (Lipinski definition) is 1. The maximum atomic E-state index is 12.2. The maximum absolute atomic E-state index is 12.2. The fourth-order valence-corrected chi connectivity index (χ4v) is 3.64. The van der Waals surface area contributed by atoms with Crippen molar-refractivity contribution < 1.29 is 4.79 Å². The van der Waals surface area contributed by atoms with Gasteiger partial charge in [-0.3, -0.25) is 4.79 Å². The predicted molar refractivity (Wildman–Crippen MR) is 77.0 cm³/mol. The van der Waals surface area contributed by atoms with E-state index in [4.69, 9.17) is 5.73 Å². The van der Waals surface area contributed by atoms with E-state index < -0.39 is 0 Å². The maximum Gasteiger partial charge on any atom is 0.176 e. The van der Waals surface area contributed by atoms with Gasteiger partial charge in [-0.05, 0) is 31.4 Å². The monoisotopic (exact) mass is 264 g/mol. The average molecular weight is 264 g/mol. The van der Waals surface area contributed by atoms with E-state index in [1.165, 1.54) is 32.1 Å². The number of Topliss-reactive ketones (excluding diaryl/α,β-unsaturated/α-hetero) is 1. The fraction of sp³-hybridized carbons (Fsp3) is 0.571. The van der Waals surface area contributed by atoms with Crippen molar-refractivity contribution in [2.75, 3.05) is 11.5 Å². The van der Waals surface area contributed by atoms with Gasteiger partial charge in [-0.25, -0.2) is 4.98 Å². The van der Waals surface area contributed by atoms with E-state index in [0.29, 0.717) is 22.4 Å². The Morgan fingerprint density at radius 3 is 2.83 bits per heavy atom. The lowest BCUT2D eigenvalue weighted by molar-refractivity contribution is 0.102. The SMILES string of the molecule is Cc1ccnc(N)c1C(=O)CSC1CCCCC1. The molecule has 1 aromatic heterocycles.